The van der Waals surface area contributed by atoms with Crippen LogP contribution in [0.5, 0.6) is 11.5 Å². The number of aryl methyl sites for hydroxylation is 2. The van der Waals surface area contributed by atoms with Crippen molar-refractivity contribution in [1.82, 2.24) is 25.1 Å². The summed E-state index contributed by atoms with van der Waals surface area (Å²) in [6, 6.07) is 5.69. The van der Waals surface area contributed by atoms with Crippen LogP contribution in [-0.4, -0.2) is 39.0 Å². The summed E-state index contributed by atoms with van der Waals surface area (Å²) in [6.45, 7) is 1.65. The highest BCUT2D eigenvalue weighted by Gasteiger charge is 2.30. The Labute approximate surface area is 160 Å². The topological polar surface area (TPSA) is 91.2 Å². The Kier molecular flexibility index (Phi) is 3.23. The SMILES string of the molecule is O=C1NCCCn2nc3c(c21)CCc1cnc(-c2ccc4c(c2)OCO4)nc1-3. The number of carbonyl (C=O) groups is 1. The normalized spacial score (nSPS) is 16.6. The maximum atomic E-state index is 12.5. The fourth-order valence-electron chi connectivity index (χ4n) is 4.09. The number of ether oxygens (including phenoxy) is 2. The van der Waals surface area contributed by atoms with Crippen LogP contribution in [0.2, 0.25) is 0 Å². The summed E-state index contributed by atoms with van der Waals surface area (Å²) >= 11 is 0. The van der Waals surface area contributed by atoms with Crippen molar-refractivity contribution in [3.05, 3.63) is 41.2 Å². The molecule has 1 N–H and O–H groups in total. The molecule has 0 spiro atoms. The average Bonchev–Trinajstić information content (AvgIpc) is 3.30. The number of rotatable bonds is 1. The van der Waals surface area contributed by atoms with E-state index < -0.39 is 0 Å². The largest absolute Gasteiger partial charge is 0.454 e. The summed E-state index contributed by atoms with van der Waals surface area (Å²) in [7, 11) is 0. The molecule has 140 valence electrons. The van der Waals surface area contributed by atoms with Gasteiger partial charge in [0.25, 0.3) is 5.91 Å². The first-order chi connectivity index (χ1) is 13.8. The van der Waals surface area contributed by atoms with E-state index in [2.05, 4.69) is 10.3 Å². The molecule has 4 heterocycles. The molecule has 3 aromatic rings. The zero-order valence-electron chi connectivity index (χ0n) is 15.1. The quantitative estimate of drug-likeness (QED) is 0.699. The van der Waals surface area contributed by atoms with Crippen molar-refractivity contribution in [3.63, 3.8) is 0 Å². The molecule has 0 saturated carbocycles. The van der Waals surface area contributed by atoms with Gasteiger partial charge < -0.3 is 14.8 Å². The maximum Gasteiger partial charge on any atom is 0.269 e. The van der Waals surface area contributed by atoms with Crippen LogP contribution < -0.4 is 14.8 Å². The van der Waals surface area contributed by atoms with Crippen molar-refractivity contribution in [2.24, 2.45) is 0 Å². The first-order valence-electron chi connectivity index (χ1n) is 9.42. The van der Waals surface area contributed by atoms with Crippen molar-refractivity contribution >= 4 is 5.91 Å². The van der Waals surface area contributed by atoms with Crippen LogP contribution in [0.1, 0.15) is 28.0 Å². The summed E-state index contributed by atoms with van der Waals surface area (Å²) in [5, 5.41) is 7.72. The Bertz CT molecular complexity index is 1140. The fourth-order valence-corrected chi connectivity index (χ4v) is 4.09. The van der Waals surface area contributed by atoms with Crippen molar-refractivity contribution < 1.29 is 14.3 Å². The van der Waals surface area contributed by atoms with Gasteiger partial charge in [0, 0.05) is 30.4 Å². The van der Waals surface area contributed by atoms with Crippen LogP contribution in [0, 0.1) is 0 Å². The predicted molar refractivity (Wildman–Crippen MR) is 99.2 cm³/mol. The third-order valence-electron chi connectivity index (χ3n) is 5.46. The number of nitrogens with zero attached hydrogens (tertiary/aromatic N) is 4. The first-order valence-corrected chi connectivity index (χ1v) is 9.42. The third-order valence-corrected chi connectivity index (χ3v) is 5.46. The van der Waals surface area contributed by atoms with Crippen LogP contribution in [0.15, 0.2) is 24.4 Å². The molecule has 0 bridgehead atoms. The molecule has 0 atom stereocenters. The number of aromatic nitrogens is 4. The Morgan fingerprint density at radius 1 is 1.11 bits per heavy atom. The highest BCUT2D eigenvalue weighted by atomic mass is 16.7. The second kappa shape index (κ2) is 5.79. The van der Waals surface area contributed by atoms with Gasteiger partial charge in [-0.15, -0.1) is 0 Å². The molecule has 8 nitrogen and oxygen atoms in total. The molecule has 1 amide bonds. The number of hydrogen-bond acceptors (Lipinski definition) is 6. The van der Waals surface area contributed by atoms with Gasteiger partial charge in [-0.05, 0) is 43.0 Å². The van der Waals surface area contributed by atoms with E-state index in [9.17, 15) is 4.79 Å². The minimum absolute atomic E-state index is 0.0419. The minimum Gasteiger partial charge on any atom is -0.454 e. The van der Waals surface area contributed by atoms with E-state index in [-0.39, 0.29) is 12.7 Å². The summed E-state index contributed by atoms with van der Waals surface area (Å²) < 4.78 is 12.7. The second-order valence-electron chi connectivity index (χ2n) is 7.14. The number of fused-ring (bicyclic) bond motifs is 6. The molecule has 0 radical (unpaired) electrons. The van der Waals surface area contributed by atoms with Gasteiger partial charge in [0.2, 0.25) is 6.79 Å². The van der Waals surface area contributed by atoms with Gasteiger partial charge >= 0.3 is 0 Å². The van der Waals surface area contributed by atoms with Crippen molar-refractivity contribution in [1.29, 1.82) is 0 Å². The van der Waals surface area contributed by atoms with E-state index in [1.807, 2.05) is 29.1 Å². The minimum atomic E-state index is -0.0419. The van der Waals surface area contributed by atoms with Crippen molar-refractivity contribution in [2.75, 3.05) is 13.3 Å². The standard InChI is InChI=1S/C20H17N5O3/c26-20-18-13-4-2-12-9-22-19(11-3-5-14-15(8-11)28-10-27-14)23-16(12)17(13)24-25(18)7-1-6-21-20/h3,5,8-9H,1-2,4,6-7,10H2,(H,21,26). The number of hydrogen-bond donors (Lipinski definition) is 1. The molecule has 2 aliphatic heterocycles. The molecular formula is C20H17N5O3. The number of amides is 1. The summed E-state index contributed by atoms with van der Waals surface area (Å²) in [5.74, 6) is 2.00. The molecule has 2 aromatic heterocycles. The molecular weight excluding hydrogens is 358 g/mol. The highest BCUT2D eigenvalue weighted by Crippen LogP contribution is 2.37. The van der Waals surface area contributed by atoms with Gasteiger partial charge in [0.15, 0.2) is 17.3 Å². The Hall–Kier alpha value is -3.42. The molecule has 0 saturated heterocycles. The lowest BCUT2D eigenvalue weighted by atomic mass is 9.93. The molecule has 28 heavy (non-hydrogen) atoms. The molecule has 0 fully saturated rings. The lowest BCUT2D eigenvalue weighted by molar-refractivity contribution is 0.0949. The second-order valence-corrected chi connectivity index (χ2v) is 7.14. The van der Waals surface area contributed by atoms with Crippen LogP contribution >= 0.6 is 0 Å². The van der Waals surface area contributed by atoms with Crippen LogP contribution in [0.25, 0.3) is 22.8 Å². The first kappa shape index (κ1) is 15.6. The fraction of sp³-hybridized carbons (Fsp3) is 0.300. The highest BCUT2D eigenvalue weighted by molar-refractivity contribution is 5.96. The monoisotopic (exact) mass is 375 g/mol. The summed E-state index contributed by atoms with van der Waals surface area (Å²) in [4.78, 5) is 21.9. The molecule has 3 aliphatic rings. The molecule has 0 unspecified atom stereocenters. The predicted octanol–water partition coefficient (Wildman–Crippen LogP) is 1.97. The Balaban J connectivity index is 1.48. The molecule has 1 aliphatic carbocycles. The van der Waals surface area contributed by atoms with Gasteiger partial charge in [-0.2, -0.15) is 5.10 Å². The van der Waals surface area contributed by atoms with Gasteiger partial charge in [0.1, 0.15) is 11.4 Å². The van der Waals surface area contributed by atoms with Crippen molar-refractivity contribution in [2.45, 2.75) is 25.8 Å². The summed E-state index contributed by atoms with van der Waals surface area (Å²) in [5.41, 5.74) is 5.21. The van der Waals surface area contributed by atoms with E-state index in [0.29, 0.717) is 23.8 Å². The summed E-state index contributed by atoms with van der Waals surface area (Å²) in [6.07, 6.45) is 4.32. The van der Waals surface area contributed by atoms with E-state index in [0.717, 1.165) is 59.6 Å². The third kappa shape index (κ3) is 2.24. The van der Waals surface area contributed by atoms with Gasteiger partial charge in [-0.25, -0.2) is 9.97 Å². The van der Waals surface area contributed by atoms with E-state index in [1.54, 1.807) is 0 Å². The Morgan fingerprint density at radius 3 is 3.00 bits per heavy atom. The van der Waals surface area contributed by atoms with E-state index in [4.69, 9.17) is 19.6 Å². The maximum absolute atomic E-state index is 12.5. The average molecular weight is 375 g/mol. The van der Waals surface area contributed by atoms with E-state index >= 15 is 0 Å². The zero-order chi connectivity index (χ0) is 18.7. The Morgan fingerprint density at radius 2 is 2.04 bits per heavy atom. The smallest absolute Gasteiger partial charge is 0.269 e. The van der Waals surface area contributed by atoms with Crippen LogP contribution in [-0.2, 0) is 19.4 Å². The van der Waals surface area contributed by atoms with Crippen molar-refractivity contribution in [3.8, 4) is 34.3 Å². The van der Waals surface area contributed by atoms with Crippen LogP contribution in [0.4, 0.5) is 0 Å². The number of nitrogens with one attached hydrogen (secondary N) is 1. The zero-order valence-corrected chi connectivity index (χ0v) is 15.1. The molecule has 6 rings (SSSR count). The lowest BCUT2D eigenvalue weighted by Crippen LogP contribution is -2.24. The van der Waals surface area contributed by atoms with Gasteiger partial charge in [-0.3, -0.25) is 9.48 Å². The number of benzene rings is 1. The number of carbonyl (C=O) groups excluding carboxylic acids is 1. The molecule has 8 heteroatoms. The van der Waals surface area contributed by atoms with Gasteiger partial charge in [-0.1, -0.05) is 0 Å². The lowest BCUT2D eigenvalue weighted by Gasteiger charge is -2.15. The van der Waals surface area contributed by atoms with Crippen LogP contribution in [0.3, 0.4) is 0 Å². The van der Waals surface area contributed by atoms with E-state index in [1.165, 1.54) is 0 Å². The molecule has 1 aromatic carbocycles. The van der Waals surface area contributed by atoms with Gasteiger partial charge in [0.05, 0.1) is 5.69 Å².